The number of benzene rings is 2. The van der Waals surface area contributed by atoms with Crippen molar-refractivity contribution in [1.29, 1.82) is 0 Å². The van der Waals surface area contributed by atoms with Crippen molar-refractivity contribution in [1.82, 2.24) is 0 Å². The zero-order valence-electron chi connectivity index (χ0n) is 11.0. The van der Waals surface area contributed by atoms with Crippen molar-refractivity contribution in [2.75, 3.05) is 0 Å². The molecule has 2 rings (SSSR count). The van der Waals surface area contributed by atoms with E-state index in [1.165, 1.54) is 0 Å². The third-order valence-corrected chi connectivity index (χ3v) is 3.66. The molecule has 19 heavy (non-hydrogen) atoms. The van der Waals surface area contributed by atoms with Gasteiger partial charge in [-0.05, 0) is 24.6 Å². The molecule has 1 atom stereocenters. The Hall–Kier alpha value is -1.62. The van der Waals surface area contributed by atoms with Crippen molar-refractivity contribution in [3.63, 3.8) is 0 Å². The smallest absolute Gasteiger partial charge is 0.367 e. The van der Waals surface area contributed by atoms with Crippen LogP contribution < -0.4 is 4.43 Å². The highest BCUT2D eigenvalue weighted by molar-refractivity contribution is 6.19. The monoisotopic (exact) mass is 274 g/mol. The normalized spacial score (nSPS) is 12.7. The van der Waals surface area contributed by atoms with Crippen molar-refractivity contribution in [3.05, 3.63) is 66.2 Å². The lowest BCUT2D eigenvalue weighted by molar-refractivity contribution is -0.0805. The molecule has 2 aromatic rings. The summed E-state index contributed by atoms with van der Waals surface area (Å²) in [4.78, 5) is 0. The number of rotatable bonds is 7. The van der Waals surface area contributed by atoms with E-state index in [9.17, 15) is 0 Å². The summed E-state index contributed by atoms with van der Waals surface area (Å²) in [7, 11) is -1.06. The second-order valence-corrected chi connectivity index (χ2v) is 4.96. The van der Waals surface area contributed by atoms with Gasteiger partial charge < -0.3 is 13.6 Å². The molecule has 0 spiro atoms. The summed E-state index contributed by atoms with van der Waals surface area (Å²) in [6, 6.07) is 19.7. The molecule has 0 aromatic heterocycles. The Balaban J connectivity index is 1.64. The lowest BCUT2D eigenvalue weighted by atomic mass is 10.2. The van der Waals surface area contributed by atoms with Gasteiger partial charge in [-0.1, -0.05) is 48.5 Å². The van der Waals surface area contributed by atoms with Gasteiger partial charge in [-0.2, -0.15) is 0 Å². The van der Waals surface area contributed by atoms with E-state index in [1.807, 2.05) is 67.6 Å². The van der Waals surface area contributed by atoms with Crippen LogP contribution in [0.2, 0.25) is 0 Å². The molecular weight excluding hydrogens is 256 g/mol. The lowest BCUT2D eigenvalue weighted by Gasteiger charge is -2.14. The highest BCUT2D eigenvalue weighted by Gasteiger charge is 2.03. The Morgan fingerprint density at radius 2 is 1.58 bits per heavy atom. The molecule has 0 N–H and O–H groups in total. The van der Waals surface area contributed by atoms with Crippen LogP contribution in [0.5, 0.6) is 5.75 Å². The van der Waals surface area contributed by atoms with Crippen molar-refractivity contribution in [3.8, 4) is 5.75 Å². The lowest BCUT2D eigenvalue weighted by Crippen LogP contribution is -2.19. The first-order chi connectivity index (χ1) is 9.34. The first kappa shape index (κ1) is 13.8. The minimum Gasteiger partial charge on any atom is -0.525 e. The van der Waals surface area contributed by atoms with E-state index in [2.05, 4.69) is 0 Å². The maximum Gasteiger partial charge on any atom is 0.367 e. The van der Waals surface area contributed by atoms with Gasteiger partial charge in [0.1, 0.15) is 12.0 Å². The van der Waals surface area contributed by atoms with E-state index in [0.717, 1.165) is 11.3 Å². The Kier molecular flexibility index (Phi) is 5.62. The summed E-state index contributed by atoms with van der Waals surface area (Å²) in [5.74, 6) is 0.851. The van der Waals surface area contributed by atoms with Crippen LogP contribution in [0.4, 0.5) is 0 Å². The molecule has 3 nitrogen and oxygen atoms in total. The van der Waals surface area contributed by atoms with E-state index in [4.69, 9.17) is 13.6 Å². The topological polar surface area (TPSA) is 27.7 Å². The van der Waals surface area contributed by atoms with Crippen molar-refractivity contribution in [2.24, 2.45) is 0 Å². The SMILES string of the molecule is CC(OCc1ccccc1)O[SiH2]Oc1ccccc1. The predicted octanol–water partition coefficient (Wildman–Crippen LogP) is 2.64. The average Bonchev–Trinajstić information content (AvgIpc) is 2.47. The van der Waals surface area contributed by atoms with E-state index in [1.54, 1.807) is 0 Å². The zero-order chi connectivity index (χ0) is 13.3. The van der Waals surface area contributed by atoms with Gasteiger partial charge in [0.05, 0.1) is 6.61 Å². The molecule has 100 valence electrons. The highest BCUT2D eigenvalue weighted by atomic mass is 28.3. The van der Waals surface area contributed by atoms with E-state index in [-0.39, 0.29) is 6.29 Å². The van der Waals surface area contributed by atoms with Gasteiger partial charge in [0.2, 0.25) is 0 Å². The first-order valence-corrected chi connectivity index (χ1v) is 7.45. The van der Waals surface area contributed by atoms with E-state index >= 15 is 0 Å². The standard InChI is InChI=1S/C15H18O3Si/c1-13(16-12-14-8-4-2-5-9-14)17-19-18-15-10-6-3-7-11-15/h2-11,13H,12,19H2,1H3. The van der Waals surface area contributed by atoms with Gasteiger partial charge in [-0.3, -0.25) is 0 Å². The Labute approximate surface area is 116 Å². The van der Waals surface area contributed by atoms with E-state index < -0.39 is 10.0 Å². The first-order valence-electron chi connectivity index (χ1n) is 6.29. The van der Waals surface area contributed by atoms with Gasteiger partial charge in [0.15, 0.2) is 0 Å². The molecule has 4 heteroatoms. The number of hydrogen-bond acceptors (Lipinski definition) is 3. The van der Waals surface area contributed by atoms with Crippen LogP contribution in [0.25, 0.3) is 0 Å². The molecule has 2 aromatic carbocycles. The fourth-order valence-corrected chi connectivity index (χ4v) is 2.23. The highest BCUT2D eigenvalue weighted by Crippen LogP contribution is 2.08. The summed E-state index contributed by atoms with van der Waals surface area (Å²) >= 11 is 0. The average molecular weight is 274 g/mol. The largest absolute Gasteiger partial charge is 0.525 e. The minimum absolute atomic E-state index is 0.240. The molecule has 0 bridgehead atoms. The van der Waals surface area contributed by atoms with Gasteiger partial charge in [0.25, 0.3) is 0 Å². The van der Waals surface area contributed by atoms with Crippen LogP contribution in [0, 0.1) is 0 Å². The van der Waals surface area contributed by atoms with Crippen molar-refractivity contribution >= 4 is 10.0 Å². The summed E-state index contributed by atoms with van der Waals surface area (Å²) in [6.45, 7) is 2.45. The van der Waals surface area contributed by atoms with Crippen LogP contribution in [0.1, 0.15) is 12.5 Å². The van der Waals surface area contributed by atoms with Crippen molar-refractivity contribution < 1.29 is 13.6 Å². The third kappa shape index (κ3) is 5.26. The quantitative estimate of drug-likeness (QED) is 0.574. The van der Waals surface area contributed by atoms with Gasteiger partial charge in [0, 0.05) is 0 Å². The third-order valence-electron chi connectivity index (χ3n) is 2.60. The molecule has 0 saturated carbocycles. The van der Waals surface area contributed by atoms with Gasteiger partial charge in [-0.15, -0.1) is 0 Å². The minimum atomic E-state index is -1.06. The van der Waals surface area contributed by atoms with Gasteiger partial charge >= 0.3 is 10.0 Å². The summed E-state index contributed by atoms with van der Waals surface area (Å²) in [5.41, 5.74) is 1.14. The summed E-state index contributed by atoms with van der Waals surface area (Å²) in [6.07, 6.45) is -0.240. The maximum atomic E-state index is 5.60. The van der Waals surface area contributed by atoms with Crippen LogP contribution >= 0.6 is 0 Å². The second kappa shape index (κ2) is 7.73. The zero-order valence-corrected chi connectivity index (χ0v) is 12.4. The second-order valence-electron chi connectivity index (χ2n) is 4.11. The van der Waals surface area contributed by atoms with Gasteiger partial charge in [-0.25, -0.2) is 0 Å². The maximum absolute atomic E-state index is 5.60. The molecular formula is C15H18O3Si. The fraction of sp³-hybridized carbons (Fsp3) is 0.200. The Morgan fingerprint density at radius 1 is 0.947 bits per heavy atom. The van der Waals surface area contributed by atoms with Crippen LogP contribution in [0.3, 0.4) is 0 Å². The molecule has 0 saturated heterocycles. The van der Waals surface area contributed by atoms with Crippen LogP contribution in [-0.4, -0.2) is 16.3 Å². The van der Waals surface area contributed by atoms with Crippen LogP contribution in [0.15, 0.2) is 60.7 Å². The Morgan fingerprint density at radius 3 is 2.26 bits per heavy atom. The molecule has 0 fully saturated rings. The number of ether oxygens (including phenoxy) is 1. The summed E-state index contributed by atoms with van der Waals surface area (Å²) < 4.78 is 16.7. The molecule has 1 unspecified atom stereocenters. The molecule has 0 heterocycles. The van der Waals surface area contributed by atoms with E-state index in [0.29, 0.717) is 6.61 Å². The number of para-hydroxylation sites is 1. The molecule has 0 aliphatic heterocycles. The predicted molar refractivity (Wildman–Crippen MR) is 77.4 cm³/mol. The Bertz CT molecular complexity index is 461. The van der Waals surface area contributed by atoms with Crippen molar-refractivity contribution in [2.45, 2.75) is 19.8 Å². The molecule has 0 radical (unpaired) electrons. The fourth-order valence-electron chi connectivity index (χ4n) is 1.55. The van der Waals surface area contributed by atoms with Crippen LogP contribution in [-0.2, 0) is 15.8 Å². The molecule has 0 aliphatic rings. The molecule has 0 amide bonds. The summed E-state index contributed by atoms with van der Waals surface area (Å²) in [5, 5.41) is 0. The number of hydrogen-bond donors (Lipinski definition) is 0. The molecule has 0 aliphatic carbocycles.